The Morgan fingerprint density at radius 3 is 2.00 bits per heavy atom. The van der Waals surface area contributed by atoms with Gasteiger partial charge in [-0.25, -0.2) is 4.79 Å². The van der Waals surface area contributed by atoms with E-state index in [0.29, 0.717) is 13.0 Å². The number of carbonyl (C=O) groups is 1. The van der Waals surface area contributed by atoms with E-state index < -0.39 is 6.16 Å². The fourth-order valence-electron chi connectivity index (χ4n) is 1.80. The molecule has 0 rings (SSSR count). The summed E-state index contributed by atoms with van der Waals surface area (Å²) in [7, 11) is 0. The number of rotatable bonds is 12. The highest BCUT2D eigenvalue weighted by atomic mass is 16.7. The van der Waals surface area contributed by atoms with Crippen LogP contribution in [0.15, 0.2) is 0 Å². The number of hydrogen-bond donors (Lipinski definition) is 0. The lowest BCUT2D eigenvalue weighted by atomic mass is 10.1. The molecule has 3 nitrogen and oxygen atoms in total. The Morgan fingerprint density at radius 1 is 0.895 bits per heavy atom. The van der Waals surface area contributed by atoms with Gasteiger partial charge in [-0.15, -0.1) is 12.3 Å². The van der Waals surface area contributed by atoms with E-state index in [9.17, 15) is 4.79 Å². The standard InChI is InChI=1S/C16H28O3/c1-3-5-7-8-9-10-11-12-13-15-19-16(17)18-14-6-4-2/h2H,3,5-15H2,1H3. The minimum absolute atomic E-state index is 0.243. The Hall–Kier alpha value is -1.17. The molecule has 0 aromatic carbocycles. The zero-order valence-electron chi connectivity index (χ0n) is 12.3. The van der Waals surface area contributed by atoms with Gasteiger partial charge in [0.25, 0.3) is 0 Å². The molecular formula is C16H28O3. The fourth-order valence-corrected chi connectivity index (χ4v) is 1.80. The van der Waals surface area contributed by atoms with Gasteiger partial charge in [0.1, 0.15) is 6.61 Å². The quantitative estimate of drug-likeness (QED) is 0.292. The summed E-state index contributed by atoms with van der Waals surface area (Å²) < 4.78 is 9.68. The van der Waals surface area contributed by atoms with E-state index in [4.69, 9.17) is 15.9 Å². The van der Waals surface area contributed by atoms with Gasteiger partial charge in [-0.2, -0.15) is 0 Å². The van der Waals surface area contributed by atoms with Crippen molar-refractivity contribution in [3.05, 3.63) is 0 Å². The number of unbranched alkanes of at least 4 members (excludes halogenated alkanes) is 8. The van der Waals surface area contributed by atoms with Crippen LogP contribution in [0, 0.1) is 12.3 Å². The summed E-state index contributed by atoms with van der Waals surface area (Å²) in [4.78, 5) is 11.0. The van der Waals surface area contributed by atoms with Gasteiger partial charge in [-0.3, -0.25) is 0 Å². The maximum atomic E-state index is 11.0. The molecule has 0 bridgehead atoms. The van der Waals surface area contributed by atoms with Crippen molar-refractivity contribution in [1.29, 1.82) is 0 Å². The molecule has 0 aliphatic rings. The van der Waals surface area contributed by atoms with Crippen molar-refractivity contribution in [1.82, 2.24) is 0 Å². The first-order valence-corrected chi connectivity index (χ1v) is 7.54. The van der Waals surface area contributed by atoms with Crippen LogP contribution < -0.4 is 0 Å². The van der Waals surface area contributed by atoms with Gasteiger partial charge in [-0.1, -0.05) is 58.3 Å². The normalized spacial score (nSPS) is 9.89. The number of terminal acetylenes is 1. The van der Waals surface area contributed by atoms with Gasteiger partial charge in [0, 0.05) is 6.42 Å². The lowest BCUT2D eigenvalue weighted by Gasteiger charge is -2.05. The topological polar surface area (TPSA) is 35.5 Å². The summed E-state index contributed by atoms with van der Waals surface area (Å²) in [5.74, 6) is 2.40. The molecule has 0 radical (unpaired) electrons. The predicted octanol–water partition coefficient (Wildman–Crippen LogP) is 4.69. The second-order valence-electron chi connectivity index (χ2n) is 4.73. The molecule has 0 unspecified atom stereocenters. The molecule has 0 amide bonds. The van der Waals surface area contributed by atoms with E-state index >= 15 is 0 Å². The third kappa shape index (κ3) is 14.8. The molecule has 0 aliphatic carbocycles. The van der Waals surface area contributed by atoms with Crippen molar-refractivity contribution >= 4 is 6.16 Å². The van der Waals surface area contributed by atoms with Crippen LogP contribution in [0.4, 0.5) is 4.79 Å². The van der Waals surface area contributed by atoms with Gasteiger partial charge in [0.05, 0.1) is 6.61 Å². The summed E-state index contributed by atoms with van der Waals surface area (Å²) in [6.07, 6.45) is 16.1. The zero-order chi connectivity index (χ0) is 14.2. The monoisotopic (exact) mass is 268 g/mol. The Morgan fingerprint density at radius 2 is 1.42 bits per heavy atom. The minimum atomic E-state index is -0.602. The predicted molar refractivity (Wildman–Crippen MR) is 78.0 cm³/mol. The van der Waals surface area contributed by atoms with Crippen molar-refractivity contribution in [3.8, 4) is 12.3 Å². The van der Waals surface area contributed by atoms with Crippen molar-refractivity contribution in [2.24, 2.45) is 0 Å². The Bertz CT molecular complexity index is 243. The first-order chi connectivity index (χ1) is 9.31. The van der Waals surface area contributed by atoms with Crippen LogP contribution in [0.5, 0.6) is 0 Å². The highest BCUT2D eigenvalue weighted by Crippen LogP contribution is 2.09. The molecule has 3 heteroatoms. The third-order valence-electron chi connectivity index (χ3n) is 2.93. The molecule has 0 saturated carbocycles. The number of hydrogen-bond acceptors (Lipinski definition) is 3. The van der Waals surface area contributed by atoms with Crippen LogP contribution in [0.2, 0.25) is 0 Å². The van der Waals surface area contributed by atoms with E-state index in [1.54, 1.807) is 0 Å². The van der Waals surface area contributed by atoms with Crippen molar-refractivity contribution in [2.75, 3.05) is 13.2 Å². The van der Waals surface area contributed by atoms with Crippen LogP contribution in [0.3, 0.4) is 0 Å². The summed E-state index contributed by atoms with van der Waals surface area (Å²) in [5.41, 5.74) is 0. The molecule has 0 fully saturated rings. The van der Waals surface area contributed by atoms with Gasteiger partial charge in [-0.05, 0) is 6.42 Å². The van der Waals surface area contributed by atoms with Crippen LogP contribution in [0.1, 0.15) is 71.1 Å². The third-order valence-corrected chi connectivity index (χ3v) is 2.93. The number of ether oxygens (including phenoxy) is 2. The minimum Gasteiger partial charge on any atom is -0.434 e. The highest BCUT2D eigenvalue weighted by molar-refractivity contribution is 5.59. The van der Waals surface area contributed by atoms with Crippen molar-refractivity contribution < 1.29 is 14.3 Å². The van der Waals surface area contributed by atoms with Crippen LogP contribution in [0.25, 0.3) is 0 Å². The molecule has 0 atom stereocenters. The first kappa shape index (κ1) is 17.8. The lowest BCUT2D eigenvalue weighted by molar-refractivity contribution is 0.0556. The van der Waals surface area contributed by atoms with E-state index in [0.717, 1.165) is 12.8 Å². The van der Waals surface area contributed by atoms with Crippen molar-refractivity contribution in [3.63, 3.8) is 0 Å². The van der Waals surface area contributed by atoms with E-state index in [1.807, 2.05) is 0 Å². The molecular weight excluding hydrogens is 240 g/mol. The molecule has 0 saturated heterocycles. The van der Waals surface area contributed by atoms with Crippen LogP contribution in [-0.2, 0) is 9.47 Å². The summed E-state index contributed by atoms with van der Waals surface area (Å²) in [6, 6.07) is 0. The molecule has 0 aromatic rings. The van der Waals surface area contributed by atoms with Gasteiger partial charge in [0.15, 0.2) is 0 Å². The Kier molecular flexibility index (Phi) is 14.0. The Labute approximate surface area is 118 Å². The van der Waals surface area contributed by atoms with Crippen molar-refractivity contribution in [2.45, 2.75) is 71.1 Å². The van der Waals surface area contributed by atoms with E-state index in [1.165, 1.54) is 44.9 Å². The molecule has 0 aliphatic heterocycles. The van der Waals surface area contributed by atoms with Gasteiger partial charge < -0.3 is 9.47 Å². The largest absolute Gasteiger partial charge is 0.508 e. The molecule has 0 spiro atoms. The number of carbonyl (C=O) groups excluding carboxylic acids is 1. The molecule has 0 N–H and O–H groups in total. The van der Waals surface area contributed by atoms with E-state index in [2.05, 4.69) is 12.8 Å². The smallest absolute Gasteiger partial charge is 0.434 e. The summed E-state index contributed by atoms with van der Waals surface area (Å²) in [6.45, 7) is 2.93. The second kappa shape index (κ2) is 14.9. The average Bonchev–Trinajstić information content (AvgIpc) is 2.41. The summed E-state index contributed by atoms with van der Waals surface area (Å²) in [5, 5.41) is 0. The molecule has 0 heterocycles. The average molecular weight is 268 g/mol. The second-order valence-corrected chi connectivity index (χ2v) is 4.73. The maximum absolute atomic E-state index is 11.0. The molecule has 19 heavy (non-hydrogen) atoms. The molecule has 110 valence electrons. The SMILES string of the molecule is C#CCCOC(=O)OCCCCCCCCCCC. The maximum Gasteiger partial charge on any atom is 0.508 e. The zero-order valence-corrected chi connectivity index (χ0v) is 12.3. The van der Waals surface area contributed by atoms with Gasteiger partial charge >= 0.3 is 6.16 Å². The van der Waals surface area contributed by atoms with Crippen LogP contribution in [-0.4, -0.2) is 19.4 Å². The Balaban J connectivity index is 3.10. The van der Waals surface area contributed by atoms with E-state index in [-0.39, 0.29) is 6.61 Å². The van der Waals surface area contributed by atoms with Gasteiger partial charge in [0.2, 0.25) is 0 Å². The summed E-state index contributed by atoms with van der Waals surface area (Å²) >= 11 is 0. The first-order valence-electron chi connectivity index (χ1n) is 7.54. The highest BCUT2D eigenvalue weighted by Gasteiger charge is 2.01. The molecule has 0 aromatic heterocycles. The van der Waals surface area contributed by atoms with Crippen LogP contribution >= 0.6 is 0 Å². The fraction of sp³-hybridized carbons (Fsp3) is 0.812. The lowest BCUT2D eigenvalue weighted by Crippen LogP contribution is -2.09.